The number of ketones is 4. The number of aliphatic hydroxyl groups excluding tert-OH is 2. The van der Waals surface area contributed by atoms with Gasteiger partial charge in [0, 0.05) is 114 Å². The molecule has 19 heteroatoms. The fourth-order valence-corrected chi connectivity index (χ4v) is 7.60. The Labute approximate surface area is 363 Å². The van der Waals surface area contributed by atoms with Gasteiger partial charge in [0.2, 0.25) is 23.1 Å². The number of aliphatic hydroxyl groups is 2. The van der Waals surface area contributed by atoms with Gasteiger partial charge in [0.1, 0.15) is 23.0 Å². The number of fused-ring (bicyclic) bond motifs is 4. The number of hydrogen-bond donors (Lipinski definition) is 15. The average molecular weight is 870 g/mol. The standard InChI is InChI=1S/C44H55N9O10/c54-23-21-48-15-19-52-27-3-1-25(33-35(27)43(62)39-31(58)7-5-29(56)37(39)41(33)60)50-17-13-46-11-9-45-10-12-47-14-18-51-26-2-4-28(53-20-16-49-22-24-55)36-34(26)42(61)38-30(57)6-8-32(59)40(38)44(36)63/h1-8,45-59H,9-24H2. The molecule has 0 bridgehead atoms. The van der Waals surface area contributed by atoms with Crippen molar-refractivity contribution in [2.24, 2.45) is 0 Å². The largest absolute Gasteiger partial charge is 0.507 e. The molecule has 0 unspecified atom stereocenters. The van der Waals surface area contributed by atoms with Crippen LogP contribution in [0, 0.1) is 0 Å². The van der Waals surface area contributed by atoms with E-state index in [-0.39, 0.29) is 57.7 Å². The van der Waals surface area contributed by atoms with E-state index in [4.69, 9.17) is 10.2 Å². The van der Waals surface area contributed by atoms with Crippen molar-refractivity contribution in [1.82, 2.24) is 26.6 Å². The molecule has 0 atom stereocenters. The summed E-state index contributed by atoms with van der Waals surface area (Å²) in [6.45, 7) is 7.07. The Kier molecular flexibility index (Phi) is 16.2. The van der Waals surface area contributed by atoms with Crippen LogP contribution in [0.5, 0.6) is 23.0 Å². The molecule has 6 rings (SSSR count). The zero-order valence-corrected chi connectivity index (χ0v) is 34.7. The summed E-state index contributed by atoms with van der Waals surface area (Å²) in [6.07, 6.45) is 0. The number of anilines is 4. The van der Waals surface area contributed by atoms with Crippen LogP contribution in [0.25, 0.3) is 0 Å². The average Bonchev–Trinajstić information content (AvgIpc) is 3.27. The van der Waals surface area contributed by atoms with Gasteiger partial charge in [-0.3, -0.25) is 19.2 Å². The molecular weight excluding hydrogens is 815 g/mol. The number of nitrogens with one attached hydrogen (secondary N) is 9. The number of phenolic OH excluding ortho intramolecular Hbond substituents is 4. The Balaban J connectivity index is 0.944. The molecule has 0 aliphatic heterocycles. The number of carbonyl (C=O) groups is 4. The third-order valence-electron chi connectivity index (χ3n) is 10.6. The van der Waals surface area contributed by atoms with Gasteiger partial charge in [0.25, 0.3) is 0 Å². The fourth-order valence-electron chi connectivity index (χ4n) is 7.60. The van der Waals surface area contributed by atoms with E-state index in [2.05, 4.69) is 47.9 Å². The highest BCUT2D eigenvalue weighted by molar-refractivity contribution is 6.34. The molecule has 0 saturated carbocycles. The molecule has 0 spiro atoms. The molecule has 2 aliphatic carbocycles. The van der Waals surface area contributed by atoms with Gasteiger partial charge in [-0.2, -0.15) is 0 Å². The molecule has 0 saturated heterocycles. The lowest BCUT2D eigenvalue weighted by atomic mass is 9.81. The summed E-state index contributed by atoms with van der Waals surface area (Å²) in [5, 5.41) is 89.0. The Hall–Kier alpha value is -6.32. The summed E-state index contributed by atoms with van der Waals surface area (Å²) in [5.41, 5.74) is 1.09. The van der Waals surface area contributed by atoms with Crippen molar-refractivity contribution in [3.05, 3.63) is 93.0 Å². The van der Waals surface area contributed by atoms with Crippen LogP contribution in [0.2, 0.25) is 0 Å². The molecule has 0 radical (unpaired) electrons. The first kappa shape index (κ1) is 46.2. The monoisotopic (exact) mass is 869 g/mol. The van der Waals surface area contributed by atoms with E-state index in [1.165, 1.54) is 24.3 Å². The third-order valence-corrected chi connectivity index (χ3v) is 10.6. The van der Waals surface area contributed by atoms with E-state index in [1.807, 2.05) is 0 Å². The topological polar surface area (TPSA) is 298 Å². The van der Waals surface area contributed by atoms with Gasteiger partial charge in [-0.1, -0.05) is 0 Å². The highest BCUT2D eigenvalue weighted by Crippen LogP contribution is 2.44. The molecule has 19 nitrogen and oxygen atoms in total. The van der Waals surface area contributed by atoms with E-state index in [0.717, 1.165) is 0 Å². The van der Waals surface area contributed by atoms with Crippen molar-refractivity contribution < 1.29 is 49.8 Å². The van der Waals surface area contributed by atoms with Crippen LogP contribution in [0.4, 0.5) is 22.7 Å². The first-order valence-electron chi connectivity index (χ1n) is 20.9. The first-order valence-corrected chi connectivity index (χ1v) is 20.9. The van der Waals surface area contributed by atoms with Gasteiger partial charge in [-0.05, 0) is 48.5 Å². The summed E-state index contributed by atoms with van der Waals surface area (Å²) < 4.78 is 0. The molecule has 336 valence electrons. The Morgan fingerprint density at radius 3 is 0.714 bits per heavy atom. The minimum absolute atomic E-state index is 0.0191. The SMILES string of the molecule is O=C1c2c(O)ccc(O)c2C(=O)c2c(NCCNCCNCCNCCNc3ccc(NCCNCCO)c4c3C(=O)c3c(O)ccc(O)c3C4=O)ccc(NCCNCCO)c21. The highest BCUT2D eigenvalue weighted by Gasteiger charge is 2.39. The number of rotatable bonds is 26. The second-order valence-corrected chi connectivity index (χ2v) is 14.7. The number of phenols is 4. The van der Waals surface area contributed by atoms with Crippen molar-refractivity contribution >= 4 is 45.9 Å². The van der Waals surface area contributed by atoms with E-state index < -0.39 is 46.1 Å². The van der Waals surface area contributed by atoms with Gasteiger partial charge in [0.05, 0.1) is 57.7 Å². The van der Waals surface area contributed by atoms with Gasteiger partial charge >= 0.3 is 0 Å². The molecule has 15 N–H and O–H groups in total. The van der Waals surface area contributed by atoms with Crippen LogP contribution >= 0.6 is 0 Å². The maximum atomic E-state index is 13.8. The van der Waals surface area contributed by atoms with Gasteiger partial charge in [-0.25, -0.2) is 0 Å². The van der Waals surface area contributed by atoms with Crippen LogP contribution in [-0.2, 0) is 0 Å². The van der Waals surface area contributed by atoms with Gasteiger partial charge in [-0.15, -0.1) is 0 Å². The smallest absolute Gasteiger partial charge is 0.200 e. The lowest BCUT2D eigenvalue weighted by Crippen LogP contribution is -2.35. The summed E-state index contributed by atoms with van der Waals surface area (Å²) in [7, 11) is 0. The van der Waals surface area contributed by atoms with Crippen molar-refractivity contribution in [1.29, 1.82) is 0 Å². The van der Waals surface area contributed by atoms with Crippen molar-refractivity contribution in [3.63, 3.8) is 0 Å². The molecule has 0 heterocycles. The van der Waals surface area contributed by atoms with Crippen LogP contribution in [0.3, 0.4) is 0 Å². The summed E-state index contributed by atoms with van der Waals surface area (Å²) in [4.78, 5) is 55.0. The lowest BCUT2D eigenvalue weighted by molar-refractivity contribution is 0.0975. The van der Waals surface area contributed by atoms with E-state index in [0.29, 0.717) is 114 Å². The molecule has 2 aliphatic rings. The lowest BCUT2D eigenvalue weighted by Gasteiger charge is -2.25. The number of carbonyl (C=O) groups excluding carboxylic acids is 4. The fraction of sp³-hybridized carbons (Fsp3) is 0.364. The van der Waals surface area contributed by atoms with Gasteiger partial charge in [0.15, 0.2) is 0 Å². The predicted octanol–water partition coefficient (Wildman–Crippen LogP) is 0.340. The molecule has 63 heavy (non-hydrogen) atoms. The van der Waals surface area contributed by atoms with E-state index in [9.17, 15) is 39.6 Å². The van der Waals surface area contributed by atoms with Crippen molar-refractivity contribution in [2.75, 3.05) is 126 Å². The molecule has 4 aromatic carbocycles. The van der Waals surface area contributed by atoms with Crippen LogP contribution in [-0.4, -0.2) is 159 Å². The van der Waals surface area contributed by atoms with Crippen molar-refractivity contribution in [3.8, 4) is 23.0 Å². The summed E-state index contributed by atoms with van der Waals surface area (Å²) >= 11 is 0. The van der Waals surface area contributed by atoms with Gasteiger partial charge < -0.3 is 78.5 Å². The normalized spacial score (nSPS) is 12.7. The van der Waals surface area contributed by atoms with Crippen molar-refractivity contribution in [2.45, 2.75) is 0 Å². The molecule has 0 aromatic heterocycles. The quantitative estimate of drug-likeness (QED) is 0.0258. The van der Waals surface area contributed by atoms with Crippen LogP contribution in [0.1, 0.15) is 63.7 Å². The number of hydrogen-bond acceptors (Lipinski definition) is 19. The minimum atomic E-state index is -0.583. The molecule has 0 amide bonds. The molecular formula is C44H55N9O10. The second-order valence-electron chi connectivity index (χ2n) is 14.7. The predicted molar refractivity (Wildman–Crippen MR) is 239 cm³/mol. The molecule has 0 fully saturated rings. The maximum Gasteiger partial charge on any atom is 0.200 e. The Morgan fingerprint density at radius 2 is 0.492 bits per heavy atom. The zero-order valence-electron chi connectivity index (χ0n) is 34.7. The summed E-state index contributed by atoms with van der Waals surface area (Å²) in [5.74, 6) is -3.91. The van der Waals surface area contributed by atoms with Crippen LogP contribution < -0.4 is 47.9 Å². The number of benzene rings is 4. The second kappa shape index (κ2) is 22.2. The van der Waals surface area contributed by atoms with E-state index in [1.54, 1.807) is 24.3 Å². The van der Waals surface area contributed by atoms with E-state index >= 15 is 0 Å². The highest BCUT2D eigenvalue weighted by atomic mass is 16.3. The first-order chi connectivity index (χ1) is 30.6. The zero-order chi connectivity index (χ0) is 44.9. The Morgan fingerprint density at radius 1 is 0.286 bits per heavy atom. The minimum Gasteiger partial charge on any atom is -0.507 e. The summed E-state index contributed by atoms with van der Waals surface area (Å²) in [6, 6.07) is 11.5. The van der Waals surface area contributed by atoms with Crippen LogP contribution in [0.15, 0.2) is 48.5 Å². The Bertz CT molecular complexity index is 2160. The third kappa shape index (κ3) is 10.5. The molecule has 4 aromatic rings. The maximum absolute atomic E-state index is 13.8. The number of aromatic hydroxyl groups is 4.